The van der Waals surface area contributed by atoms with E-state index in [4.69, 9.17) is 9.88 Å². The third-order valence-corrected chi connectivity index (χ3v) is 5.22. The van der Waals surface area contributed by atoms with E-state index in [2.05, 4.69) is 10.3 Å². The first-order valence-corrected chi connectivity index (χ1v) is 10.5. The van der Waals surface area contributed by atoms with Crippen LogP contribution >= 0.6 is 11.3 Å². The van der Waals surface area contributed by atoms with E-state index >= 15 is 0 Å². The number of phenolic OH excluding ortho intramolecular Hbond substituents is 1. The van der Waals surface area contributed by atoms with Crippen LogP contribution in [0, 0.1) is 0 Å². The van der Waals surface area contributed by atoms with Gasteiger partial charge in [-0.1, -0.05) is 0 Å². The van der Waals surface area contributed by atoms with Crippen molar-refractivity contribution in [2.24, 2.45) is 5.14 Å². The predicted molar refractivity (Wildman–Crippen MR) is 106 cm³/mol. The average molecular weight is 406 g/mol. The number of sulfonamides is 1. The van der Waals surface area contributed by atoms with Crippen LogP contribution in [0.3, 0.4) is 0 Å². The molecule has 2 aromatic carbocycles. The number of hydrogen-bond acceptors (Lipinski definition) is 7. The monoisotopic (exact) mass is 405 g/mol. The quantitative estimate of drug-likeness (QED) is 0.576. The first-order chi connectivity index (χ1) is 12.7. The maximum absolute atomic E-state index is 11.7. The van der Waals surface area contributed by atoms with Gasteiger partial charge in [0, 0.05) is 10.9 Å². The molecule has 142 valence electrons. The lowest BCUT2D eigenvalue weighted by atomic mass is 10.2. The summed E-state index contributed by atoms with van der Waals surface area (Å²) in [4.78, 5) is 4.49. The summed E-state index contributed by atoms with van der Waals surface area (Å²) in [5.41, 5.74) is 2.05. The van der Waals surface area contributed by atoms with Gasteiger partial charge in [-0.15, -0.1) is 11.3 Å². The lowest BCUT2D eigenvalue weighted by Gasteiger charge is -2.15. The lowest BCUT2D eigenvalue weighted by Crippen LogP contribution is -2.13. The number of primary sulfonamides is 1. The van der Waals surface area contributed by atoms with Crippen molar-refractivity contribution in [3.8, 4) is 22.8 Å². The number of benzene rings is 2. The number of nitrogens with one attached hydrogen (secondary N) is 1. The SMILES string of the molecule is CC(C)Oc1ccc(S(N)(=O)=O)cc1Nc1nc(-c2ccc(O)cc2)cs1. The molecule has 0 spiro atoms. The second-order valence-corrected chi connectivity index (χ2v) is 8.50. The summed E-state index contributed by atoms with van der Waals surface area (Å²) in [6.45, 7) is 3.76. The fraction of sp³-hybridized carbons (Fsp3) is 0.167. The largest absolute Gasteiger partial charge is 0.508 e. The molecule has 3 rings (SSSR count). The molecule has 0 fully saturated rings. The summed E-state index contributed by atoms with van der Waals surface area (Å²) >= 11 is 1.36. The molecular weight excluding hydrogens is 386 g/mol. The van der Waals surface area contributed by atoms with Crippen LogP contribution in [0.1, 0.15) is 13.8 Å². The Labute approximate surface area is 161 Å². The van der Waals surface area contributed by atoms with E-state index in [9.17, 15) is 13.5 Å². The molecule has 7 nitrogen and oxygen atoms in total. The maximum atomic E-state index is 11.7. The number of hydrogen-bond donors (Lipinski definition) is 3. The minimum atomic E-state index is -3.84. The van der Waals surface area contributed by atoms with E-state index in [0.717, 1.165) is 11.3 Å². The Bertz CT molecular complexity index is 1040. The van der Waals surface area contributed by atoms with Crippen molar-refractivity contribution in [3.05, 3.63) is 47.8 Å². The van der Waals surface area contributed by atoms with Gasteiger partial charge in [-0.2, -0.15) is 0 Å². The molecule has 0 aliphatic heterocycles. The van der Waals surface area contributed by atoms with Crippen molar-refractivity contribution < 1.29 is 18.3 Å². The lowest BCUT2D eigenvalue weighted by molar-refractivity contribution is 0.243. The van der Waals surface area contributed by atoms with Crippen LogP contribution in [-0.4, -0.2) is 24.6 Å². The highest BCUT2D eigenvalue weighted by molar-refractivity contribution is 7.89. The van der Waals surface area contributed by atoms with Gasteiger partial charge in [0.2, 0.25) is 10.0 Å². The highest BCUT2D eigenvalue weighted by atomic mass is 32.2. The minimum absolute atomic E-state index is 0.0172. The first kappa shape index (κ1) is 19.2. The highest BCUT2D eigenvalue weighted by Gasteiger charge is 2.15. The van der Waals surface area contributed by atoms with E-state index in [1.54, 1.807) is 30.3 Å². The zero-order chi connectivity index (χ0) is 19.6. The van der Waals surface area contributed by atoms with Gasteiger partial charge in [0.25, 0.3) is 0 Å². The number of nitrogens with two attached hydrogens (primary N) is 1. The second kappa shape index (κ2) is 7.55. The Morgan fingerprint density at radius 1 is 1.19 bits per heavy atom. The normalized spacial score (nSPS) is 11.6. The number of thiazole rings is 1. The molecule has 0 aliphatic carbocycles. The van der Waals surface area contributed by atoms with Crippen molar-refractivity contribution in [1.82, 2.24) is 4.98 Å². The molecule has 0 aliphatic rings. The van der Waals surface area contributed by atoms with Crippen LogP contribution in [0.5, 0.6) is 11.5 Å². The Balaban J connectivity index is 1.93. The summed E-state index contributed by atoms with van der Waals surface area (Å²) in [6.07, 6.45) is -0.0882. The Morgan fingerprint density at radius 3 is 2.52 bits per heavy atom. The van der Waals surface area contributed by atoms with Crippen LogP contribution in [0.4, 0.5) is 10.8 Å². The number of aromatic nitrogens is 1. The van der Waals surface area contributed by atoms with Gasteiger partial charge in [-0.25, -0.2) is 18.5 Å². The highest BCUT2D eigenvalue weighted by Crippen LogP contribution is 2.33. The van der Waals surface area contributed by atoms with Crippen molar-refractivity contribution in [1.29, 1.82) is 0 Å². The molecule has 0 radical (unpaired) electrons. The minimum Gasteiger partial charge on any atom is -0.508 e. The zero-order valence-corrected chi connectivity index (χ0v) is 16.3. The second-order valence-electron chi connectivity index (χ2n) is 6.08. The number of ether oxygens (including phenoxy) is 1. The van der Waals surface area contributed by atoms with Crippen molar-refractivity contribution >= 4 is 32.2 Å². The molecular formula is C18H19N3O4S2. The van der Waals surface area contributed by atoms with E-state index in [-0.39, 0.29) is 16.7 Å². The van der Waals surface area contributed by atoms with Gasteiger partial charge >= 0.3 is 0 Å². The summed E-state index contributed by atoms with van der Waals surface area (Å²) in [5.74, 6) is 0.682. The van der Waals surface area contributed by atoms with E-state index in [1.165, 1.54) is 23.5 Å². The van der Waals surface area contributed by atoms with Crippen molar-refractivity contribution in [2.75, 3.05) is 5.32 Å². The fourth-order valence-electron chi connectivity index (χ4n) is 2.35. The van der Waals surface area contributed by atoms with Gasteiger partial charge in [-0.3, -0.25) is 0 Å². The molecule has 0 saturated heterocycles. The van der Waals surface area contributed by atoms with E-state index in [0.29, 0.717) is 16.6 Å². The van der Waals surface area contributed by atoms with Gasteiger partial charge in [-0.05, 0) is 56.3 Å². The Hall–Kier alpha value is -2.62. The van der Waals surface area contributed by atoms with Crippen LogP contribution in [0.25, 0.3) is 11.3 Å². The fourth-order valence-corrected chi connectivity index (χ4v) is 3.62. The predicted octanol–water partition coefficient (Wildman–Crippen LogP) is 3.69. The summed E-state index contributed by atoms with van der Waals surface area (Å²) < 4.78 is 29.1. The zero-order valence-electron chi connectivity index (χ0n) is 14.7. The molecule has 1 heterocycles. The number of rotatable bonds is 6. The first-order valence-electron chi connectivity index (χ1n) is 8.08. The smallest absolute Gasteiger partial charge is 0.238 e. The standard InChI is InChI=1S/C18H19N3O4S2/c1-11(2)25-17-8-7-14(27(19,23)24)9-15(17)20-18-21-16(10-26-18)12-3-5-13(22)6-4-12/h3-11,22H,1-2H3,(H,20,21)(H2,19,23,24). The van der Waals surface area contributed by atoms with E-state index in [1.807, 2.05) is 19.2 Å². The van der Waals surface area contributed by atoms with Crippen LogP contribution in [0.15, 0.2) is 52.7 Å². The molecule has 0 unspecified atom stereocenters. The molecule has 0 saturated carbocycles. The Morgan fingerprint density at radius 2 is 1.89 bits per heavy atom. The summed E-state index contributed by atoms with van der Waals surface area (Å²) in [7, 11) is -3.84. The summed E-state index contributed by atoms with van der Waals surface area (Å²) in [6, 6.07) is 11.1. The molecule has 3 aromatic rings. The Kier molecular flexibility index (Phi) is 5.36. The van der Waals surface area contributed by atoms with Crippen molar-refractivity contribution in [3.63, 3.8) is 0 Å². The maximum Gasteiger partial charge on any atom is 0.238 e. The van der Waals surface area contributed by atoms with Crippen LogP contribution < -0.4 is 15.2 Å². The van der Waals surface area contributed by atoms with E-state index < -0.39 is 10.0 Å². The average Bonchev–Trinajstić information content (AvgIpc) is 3.04. The molecule has 27 heavy (non-hydrogen) atoms. The number of anilines is 2. The number of phenols is 1. The topological polar surface area (TPSA) is 115 Å². The van der Waals surface area contributed by atoms with Crippen molar-refractivity contribution in [2.45, 2.75) is 24.8 Å². The van der Waals surface area contributed by atoms with Gasteiger partial charge in [0.05, 0.1) is 22.4 Å². The van der Waals surface area contributed by atoms with Gasteiger partial charge < -0.3 is 15.2 Å². The molecule has 9 heteroatoms. The van der Waals surface area contributed by atoms with Crippen LogP contribution in [-0.2, 0) is 10.0 Å². The molecule has 0 atom stereocenters. The molecule has 0 bridgehead atoms. The summed E-state index contributed by atoms with van der Waals surface area (Å²) in [5, 5.41) is 20.2. The van der Waals surface area contributed by atoms with Gasteiger partial charge in [0.1, 0.15) is 11.5 Å². The number of aromatic hydroxyl groups is 1. The van der Waals surface area contributed by atoms with Crippen LogP contribution in [0.2, 0.25) is 0 Å². The number of nitrogens with zero attached hydrogens (tertiary/aromatic N) is 1. The molecule has 1 aromatic heterocycles. The van der Waals surface area contributed by atoms with Gasteiger partial charge in [0.15, 0.2) is 5.13 Å². The molecule has 0 amide bonds. The third kappa shape index (κ3) is 4.76. The molecule has 4 N–H and O–H groups in total. The third-order valence-electron chi connectivity index (χ3n) is 3.55.